The molecule has 1 rings (SSSR count). The van der Waals surface area contributed by atoms with E-state index in [4.69, 9.17) is 0 Å². The van der Waals surface area contributed by atoms with E-state index in [0.717, 1.165) is 12.8 Å². The van der Waals surface area contributed by atoms with Gasteiger partial charge in [-0.15, -0.1) is 0 Å². The van der Waals surface area contributed by atoms with Gasteiger partial charge in [-0.3, -0.25) is 4.79 Å². The second kappa shape index (κ2) is 5.43. The fourth-order valence-electron chi connectivity index (χ4n) is 1.40. The molecule has 76 valence electrons. The molecule has 1 amide bonds. The fourth-order valence-corrected chi connectivity index (χ4v) is 1.40. The van der Waals surface area contributed by atoms with Crippen LogP contribution < -0.4 is 5.32 Å². The lowest BCUT2D eigenvalue weighted by molar-refractivity contribution is -0.109. The molecular weight excluding hydrogens is 174 g/mol. The van der Waals surface area contributed by atoms with Crippen LogP contribution >= 0.6 is 0 Å². The number of allylic oxidation sites excluding steroid dienone is 4. The molecule has 0 bridgehead atoms. The highest BCUT2D eigenvalue weighted by Gasteiger charge is 2.01. The molecule has 1 aliphatic carbocycles. The van der Waals surface area contributed by atoms with Gasteiger partial charge in [-0.1, -0.05) is 38.2 Å². The molecule has 14 heavy (non-hydrogen) atoms. The predicted octanol–water partition coefficient (Wildman–Crippen LogP) is 2.20. The van der Waals surface area contributed by atoms with Crippen molar-refractivity contribution in [2.75, 3.05) is 6.54 Å². The zero-order valence-electron chi connectivity index (χ0n) is 8.79. The molecule has 0 aliphatic heterocycles. The minimum absolute atomic E-state index is 0.568. The Balaban J connectivity index is 2.58. The van der Waals surface area contributed by atoms with Gasteiger partial charge < -0.3 is 5.32 Å². The summed E-state index contributed by atoms with van der Waals surface area (Å²) in [7, 11) is 0. The quantitative estimate of drug-likeness (QED) is 0.678. The lowest BCUT2D eigenvalue weighted by Gasteiger charge is -2.04. The third-order valence-electron chi connectivity index (χ3n) is 2.28. The summed E-state index contributed by atoms with van der Waals surface area (Å²) in [5, 5.41) is 2.67. The Hall–Kier alpha value is -1.31. The molecule has 2 heteroatoms. The number of hydrogen-bond acceptors (Lipinski definition) is 1. The van der Waals surface area contributed by atoms with E-state index in [1.54, 1.807) is 0 Å². The summed E-state index contributed by atoms with van der Waals surface area (Å²) in [6.45, 7) is 4.99. The lowest BCUT2D eigenvalue weighted by Crippen LogP contribution is -2.13. The number of hydrogen-bond donors (Lipinski definition) is 1. The summed E-state index contributed by atoms with van der Waals surface area (Å²) in [5.74, 6) is 0.568. The summed E-state index contributed by atoms with van der Waals surface area (Å²) >= 11 is 0. The molecular formula is C12H17NO. The SMILES string of the molecule is CC(C)C1=CCC=C(CNC=O)C=C1. The molecule has 0 saturated carbocycles. The summed E-state index contributed by atoms with van der Waals surface area (Å²) in [4.78, 5) is 10.1. The Morgan fingerprint density at radius 3 is 2.86 bits per heavy atom. The maximum Gasteiger partial charge on any atom is 0.207 e. The second-order valence-corrected chi connectivity index (χ2v) is 3.71. The van der Waals surface area contributed by atoms with Crippen molar-refractivity contribution in [1.29, 1.82) is 0 Å². The van der Waals surface area contributed by atoms with Crippen LogP contribution in [0, 0.1) is 5.92 Å². The molecule has 0 atom stereocenters. The highest BCUT2D eigenvalue weighted by Crippen LogP contribution is 2.16. The molecule has 0 unspecified atom stereocenters. The largest absolute Gasteiger partial charge is 0.355 e. The highest BCUT2D eigenvalue weighted by molar-refractivity contribution is 5.47. The summed E-state index contributed by atoms with van der Waals surface area (Å²) in [6, 6.07) is 0. The first-order valence-corrected chi connectivity index (χ1v) is 4.98. The maximum atomic E-state index is 10.1. The minimum atomic E-state index is 0.568. The van der Waals surface area contributed by atoms with Gasteiger partial charge in [0.1, 0.15) is 0 Å². The zero-order valence-corrected chi connectivity index (χ0v) is 8.79. The van der Waals surface area contributed by atoms with E-state index in [9.17, 15) is 4.79 Å². The number of carbonyl (C=O) groups is 1. The topological polar surface area (TPSA) is 29.1 Å². The normalized spacial score (nSPS) is 15.9. The monoisotopic (exact) mass is 191 g/mol. The fraction of sp³-hybridized carbons (Fsp3) is 0.417. The van der Waals surface area contributed by atoms with Gasteiger partial charge in [0.25, 0.3) is 0 Å². The van der Waals surface area contributed by atoms with Crippen molar-refractivity contribution in [2.24, 2.45) is 5.92 Å². The molecule has 0 aromatic carbocycles. The van der Waals surface area contributed by atoms with Crippen LogP contribution in [-0.4, -0.2) is 13.0 Å². The van der Waals surface area contributed by atoms with Crippen LogP contribution in [0.25, 0.3) is 0 Å². The van der Waals surface area contributed by atoms with Crippen molar-refractivity contribution in [3.63, 3.8) is 0 Å². The zero-order chi connectivity index (χ0) is 10.4. The molecule has 0 radical (unpaired) electrons. The van der Waals surface area contributed by atoms with Crippen LogP contribution in [0.2, 0.25) is 0 Å². The number of rotatable bonds is 4. The molecule has 1 N–H and O–H groups in total. The van der Waals surface area contributed by atoms with E-state index in [1.807, 2.05) is 0 Å². The molecule has 1 aliphatic rings. The molecule has 0 heterocycles. The van der Waals surface area contributed by atoms with Crippen LogP contribution in [0.15, 0.2) is 35.5 Å². The van der Waals surface area contributed by atoms with Crippen molar-refractivity contribution in [3.8, 4) is 0 Å². The van der Waals surface area contributed by atoms with Crippen molar-refractivity contribution in [1.82, 2.24) is 5.32 Å². The van der Waals surface area contributed by atoms with Gasteiger partial charge >= 0.3 is 0 Å². The Morgan fingerprint density at radius 1 is 1.43 bits per heavy atom. The van der Waals surface area contributed by atoms with Crippen LogP contribution in [0.5, 0.6) is 0 Å². The first-order chi connectivity index (χ1) is 6.74. The summed E-state index contributed by atoms with van der Waals surface area (Å²) in [5.41, 5.74) is 2.53. The van der Waals surface area contributed by atoms with E-state index in [-0.39, 0.29) is 0 Å². The van der Waals surface area contributed by atoms with E-state index in [1.165, 1.54) is 11.1 Å². The predicted molar refractivity (Wildman–Crippen MR) is 58.8 cm³/mol. The molecule has 2 nitrogen and oxygen atoms in total. The smallest absolute Gasteiger partial charge is 0.207 e. The second-order valence-electron chi connectivity index (χ2n) is 3.71. The van der Waals surface area contributed by atoms with E-state index in [0.29, 0.717) is 12.5 Å². The Kier molecular flexibility index (Phi) is 4.17. The Morgan fingerprint density at radius 2 is 2.21 bits per heavy atom. The molecule has 0 aromatic rings. The van der Waals surface area contributed by atoms with Gasteiger partial charge in [-0.25, -0.2) is 0 Å². The Bertz CT molecular complexity index is 285. The highest BCUT2D eigenvalue weighted by atomic mass is 16.1. The van der Waals surface area contributed by atoms with Crippen molar-refractivity contribution in [3.05, 3.63) is 35.5 Å². The third-order valence-corrected chi connectivity index (χ3v) is 2.28. The van der Waals surface area contributed by atoms with Gasteiger partial charge in [-0.2, -0.15) is 0 Å². The van der Waals surface area contributed by atoms with E-state index in [2.05, 4.69) is 43.5 Å². The van der Waals surface area contributed by atoms with Gasteiger partial charge in [-0.05, 0) is 23.5 Å². The summed E-state index contributed by atoms with van der Waals surface area (Å²) < 4.78 is 0. The Labute approximate surface area is 85.4 Å². The third kappa shape index (κ3) is 3.21. The van der Waals surface area contributed by atoms with Crippen LogP contribution in [0.4, 0.5) is 0 Å². The first-order valence-electron chi connectivity index (χ1n) is 4.98. The van der Waals surface area contributed by atoms with Gasteiger partial charge in [0.2, 0.25) is 6.41 Å². The minimum Gasteiger partial charge on any atom is -0.355 e. The average Bonchev–Trinajstić information content (AvgIpc) is 2.39. The first kappa shape index (κ1) is 10.8. The van der Waals surface area contributed by atoms with E-state index < -0.39 is 0 Å². The number of amides is 1. The maximum absolute atomic E-state index is 10.1. The molecule has 0 aromatic heterocycles. The van der Waals surface area contributed by atoms with E-state index >= 15 is 0 Å². The lowest BCUT2D eigenvalue weighted by atomic mass is 10.0. The molecule has 0 saturated heterocycles. The van der Waals surface area contributed by atoms with Gasteiger partial charge in [0, 0.05) is 6.54 Å². The van der Waals surface area contributed by atoms with Crippen LogP contribution in [-0.2, 0) is 4.79 Å². The summed E-state index contributed by atoms with van der Waals surface area (Å²) in [6.07, 6.45) is 10.3. The number of nitrogens with one attached hydrogen (secondary N) is 1. The van der Waals surface area contributed by atoms with Gasteiger partial charge in [0.05, 0.1) is 0 Å². The van der Waals surface area contributed by atoms with Crippen molar-refractivity contribution >= 4 is 6.41 Å². The average molecular weight is 191 g/mol. The standard InChI is InChI=1S/C12H17NO/c1-10(2)12-5-3-4-11(6-7-12)8-13-9-14/h4-7,9-10H,3,8H2,1-2H3,(H,13,14). The molecule has 0 spiro atoms. The van der Waals surface area contributed by atoms with Crippen LogP contribution in [0.3, 0.4) is 0 Å². The van der Waals surface area contributed by atoms with Crippen molar-refractivity contribution in [2.45, 2.75) is 20.3 Å². The molecule has 0 fully saturated rings. The number of carbonyl (C=O) groups excluding carboxylic acids is 1. The van der Waals surface area contributed by atoms with Crippen LogP contribution in [0.1, 0.15) is 20.3 Å². The van der Waals surface area contributed by atoms with Gasteiger partial charge in [0.15, 0.2) is 0 Å². The van der Waals surface area contributed by atoms with Crippen molar-refractivity contribution < 1.29 is 4.79 Å².